The zero-order valence-electron chi connectivity index (χ0n) is 6.47. The van der Waals surface area contributed by atoms with Gasteiger partial charge in [0.2, 0.25) is 0 Å². The molecule has 0 saturated heterocycles. The minimum atomic E-state index is -2.22. The van der Waals surface area contributed by atoms with E-state index in [0.717, 1.165) is 0 Å². The number of rotatable bonds is 2. The highest BCUT2D eigenvalue weighted by atomic mass is 32.2. The van der Waals surface area contributed by atoms with Gasteiger partial charge in [0.25, 0.3) is 0 Å². The summed E-state index contributed by atoms with van der Waals surface area (Å²) in [7, 11) is 0. The maximum absolute atomic E-state index is 10.1. The van der Waals surface area contributed by atoms with Gasteiger partial charge in [0.05, 0.1) is 0 Å². The summed E-state index contributed by atoms with van der Waals surface area (Å²) >= 11 is -2.22. The predicted molar refractivity (Wildman–Crippen MR) is 49.1 cm³/mol. The first-order valence-electron chi connectivity index (χ1n) is 3.13. The molecule has 0 radical (unpaired) electrons. The van der Waals surface area contributed by atoms with Gasteiger partial charge >= 0.3 is 11.4 Å². The van der Waals surface area contributed by atoms with Gasteiger partial charge in [0, 0.05) is 0 Å². The predicted octanol–water partition coefficient (Wildman–Crippen LogP) is 2.00. The Kier molecular flexibility index (Phi) is 5.95. The minimum Gasteiger partial charge on any atom is -0.380 e. The van der Waals surface area contributed by atoms with Crippen LogP contribution >= 0.6 is 0 Å². The van der Waals surface area contributed by atoms with Crippen LogP contribution < -0.4 is 4.18 Å². The molecule has 4 heteroatoms. The van der Waals surface area contributed by atoms with Crippen molar-refractivity contribution in [3.63, 3.8) is 0 Å². The van der Waals surface area contributed by atoms with Gasteiger partial charge < -0.3 is 4.18 Å². The van der Waals surface area contributed by atoms with E-state index in [0.29, 0.717) is 5.75 Å². The average molecular weight is 186 g/mol. The molecule has 1 rings (SSSR count). The van der Waals surface area contributed by atoms with Crippen LogP contribution in [0.15, 0.2) is 43.5 Å². The third kappa shape index (κ3) is 4.65. The smallest absolute Gasteiger partial charge is 0.357 e. The molecule has 0 aliphatic carbocycles. The summed E-state index contributed by atoms with van der Waals surface area (Å²) < 4.78 is 22.8. The van der Waals surface area contributed by atoms with Crippen LogP contribution in [-0.2, 0) is 11.4 Å². The van der Waals surface area contributed by atoms with Crippen molar-refractivity contribution in [2.75, 3.05) is 0 Å². The fourth-order valence-corrected chi connectivity index (χ4v) is 0.834. The molecule has 0 aliphatic heterocycles. The van der Waals surface area contributed by atoms with E-state index in [4.69, 9.17) is 4.55 Å². The third-order valence-electron chi connectivity index (χ3n) is 0.911. The van der Waals surface area contributed by atoms with Gasteiger partial charge in [-0.15, -0.1) is 13.2 Å². The molecule has 0 bridgehead atoms. The number of para-hydroxylation sites is 1. The number of benzene rings is 1. The van der Waals surface area contributed by atoms with Crippen molar-refractivity contribution in [3.05, 3.63) is 43.5 Å². The van der Waals surface area contributed by atoms with E-state index < -0.39 is 11.4 Å². The lowest BCUT2D eigenvalue weighted by Crippen LogP contribution is -1.96. The van der Waals surface area contributed by atoms with Crippen LogP contribution in [0, 0.1) is 0 Å². The lowest BCUT2D eigenvalue weighted by molar-refractivity contribution is 0.458. The van der Waals surface area contributed by atoms with Crippen molar-refractivity contribution in [1.82, 2.24) is 0 Å². The molecule has 1 atom stereocenters. The molecule has 66 valence electrons. The SMILES string of the molecule is C=C.O=S(O)Oc1ccccc1. The Bertz CT molecular complexity index is 235. The molecule has 1 aromatic rings. The Morgan fingerprint density at radius 2 is 1.75 bits per heavy atom. The van der Waals surface area contributed by atoms with Gasteiger partial charge in [0.15, 0.2) is 0 Å². The van der Waals surface area contributed by atoms with Crippen LogP contribution in [0.4, 0.5) is 0 Å². The van der Waals surface area contributed by atoms with E-state index in [1.807, 2.05) is 0 Å². The normalized spacial score (nSPS) is 10.8. The van der Waals surface area contributed by atoms with E-state index in [-0.39, 0.29) is 0 Å². The molecular weight excluding hydrogens is 176 g/mol. The first kappa shape index (κ1) is 10.9. The van der Waals surface area contributed by atoms with Gasteiger partial charge in [-0.2, -0.15) is 4.21 Å². The van der Waals surface area contributed by atoms with E-state index >= 15 is 0 Å². The summed E-state index contributed by atoms with van der Waals surface area (Å²) in [5.41, 5.74) is 0. The van der Waals surface area contributed by atoms with E-state index in [1.165, 1.54) is 0 Å². The van der Waals surface area contributed by atoms with Crippen LogP contribution in [0.5, 0.6) is 5.75 Å². The Hall–Kier alpha value is -1.13. The standard InChI is InChI=1S/C6H6O3S.C2H4/c7-10(8)9-6-4-2-1-3-5-6;1-2/h1-5H,(H,7,8);1-2H2. The van der Waals surface area contributed by atoms with Crippen molar-refractivity contribution in [2.24, 2.45) is 0 Å². The highest BCUT2D eigenvalue weighted by molar-refractivity contribution is 7.74. The highest BCUT2D eigenvalue weighted by Gasteiger charge is 1.93. The van der Waals surface area contributed by atoms with Gasteiger partial charge in [-0.1, -0.05) is 18.2 Å². The van der Waals surface area contributed by atoms with E-state index in [1.54, 1.807) is 30.3 Å². The second kappa shape index (κ2) is 6.57. The first-order chi connectivity index (χ1) is 5.79. The monoisotopic (exact) mass is 186 g/mol. The molecule has 1 aromatic carbocycles. The summed E-state index contributed by atoms with van der Waals surface area (Å²) in [6.07, 6.45) is 0. The molecule has 0 aliphatic rings. The zero-order valence-corrected chi connectivity index (χ0v) is 7.29. The van der Waals surface area contributed by atoms with Crippen LogP contribution in [-0.4, -0.2) is 8.76 Å². The average Bonchev–Trinajstić information content (AvgIpc) is 2.08. The summed E-state index contributed by atoms with van der Waals surface area (Å²) in [4.78, 5) is 0. The zero-order chi connectivity index (χ0) is 9.40. The van der Waals surface area contributed by atoms with Crippen molar-refractivity contribution in [3.8, 4) is 5.75 Å². The molecule has 0 fully saturated rings. The van der Waals surface area contributed by atoms with Crippen LogP contribution in [0.25, 0.3) is 0 Å². The van der Waals surface area contributed by atoms with Crippen LogP contribution in [0.3, 0.4) is 0 Å². The van der Waals surface area contributed by atoms with Crippen molar-refractivity contribution in [2.45, 2.75) is 0 Å². The fraction of sp³-hybridized carbons (Fsp3) is 0. The number of hydrogen-bond acceptors (Lipinski definition) is 2. The summed E-state index contributed by atoms with van der Waals surface area (Å²) in [5, 5.41) is 0. The van der Waals surface area contributed by atoms with Gasteiger partial charge in [-0.3, -0.25) is 4.55 Å². The number of hydrogen-bond donors (Lipinski definition) is 1. The topological polar surface area (TPSA) is 46.5 Å². The minimum absolute atomic E-state index is 0.392. The molecule has 3 nitrogen and oxygen atoms in total. The van der Waals surface area contributed by atoms with E-state index in [2.05, 4.69) is 17.3 Å². The molecule has 0 saturated carbocycles. The molecule has 0 spiro atoms. The Morgan fingerprint density at radius 1 is 1.25 bits per heavy atom. The summed E-state index contributed by atoms with van der Waals surface area (Å²) in [6.45, 7) is 6.00. The molecule has 0 amide bonds. The second-order valence-electron chi connectivity index (χ2n) is 1.61. The maximum Gasteiger partial charge on any atom is 0.357 e. The quantitative estimate of drug-likeness (QED) is 0.567. The summed E-state index contributed by atoms with van der Waals surface area (Å²) in [5.74, 6) is 0.392. The molecule has 1 N–H and O–H groups in total. The molecule has 0 heterocycles. The Morgan fingerprint density at radius 3 is 2.17 bits per heavy atom. The fourth-order valence-electron chi connectivity index (χ4n) is 0.558. The largest absolute Gasteiger partial charge is 0.380 e. The summed E-state index contributed by atoms with van der Waals surface area (Å²) in [6, 6.07) is 8.46. The van der Waals surface area contributed by atoms with Gasteiger partial charge in [-0.25, -0.2) is 0 Å². The lowest BCUT2D eigenvalue weighted by Gasteiger charge is -1.96. The van der Waals surface area contributed by atoms with Crippen LogP contribution in [0.1, 0.15) is 0 Å². The Balaban J connectivity index is 0.000000561. The lowest BCUT2D eigenvalue weighted by atomic mass is 10.3. The van der Waals surface area contributed by atoms with Gasteiger partial charge in [0.1, 0.15) is 5.75 Å². The van der Waals surface area contributed by atoms with Crippen molar-refractivity contribution < 1.29 is 12.9 Å². The maximum atomic E-state index is 10.1. The second-order valence-corrected chi connectivity index (χ2v) is 2.21. The van der Waals surface area contributed by atoms with Crippen molar-refractivity contribution >= 4 is 11.4 Å². The Labute approximate surface area is 74.2 Å². The molecule has 1 unspecified atom stereocenters. The molecule has 0 aromatic heterocycles. The molecular formula is C8H10O3S. The van der Waals surface area contributed by atoms with E-state index in [9.17, 15) is 4.21 Å². The molecule has 12 heavy (non-hydrogen) atoms. The van der Waals surface area contributed by atoms with Crippen LogP contribution in [0.2, 0.25) is 0 Å². The third-order valence-corrected chi connectivity index (χ3v) is 1.25. The van der Waals surface area contributed by atoms with Crippen molar-refractivity contribution in [1.29, 1.82) is 0 Å². The first-order valence-corrected chi connectivity index (χ1v) is 4.16. The highest BCUT2D eigenvalue weighted by Crippen LogP contribution is 2.08. The van der Waals surface area contributed by atoms with Gasteiger partial charge in [-0.05, 0) is 12.1 Å².